The molecule has 5 heteroatoms. The first-order chi connectivity index (χ1) is 9.40. The number of ether oxygens (including phenoxy) is 1. The van der Waals surface area contributed by atoms with E-state index in [0.717, 1.165) is 5.56 Å². The summed E-state index contributed by atoms with van der Waals surface area (Å²) in [6, 6.07) is 9.09. The maximum Gasteiger partial charge on any atom is 0.410 e. The summed E-state index contributed by atoms with van der Waals surface area (Å²) in [4.78, 5) is 13.6. The van der Waals surface area contributed by atoms with Crippen LogP contribution in [-0.2, 0) is 11.3 Å². The summed E-state index contributed by atoms with van der Waals surface area (Å²) in [5, 5.41) is 10.0. The first kappa shape index (κ1) is 14.8. The maximum absolute atomic E-state index is 12.1. The Hall–Kier alpha value is -1.59. The maximum atomic E-state index is 12.1. The molecule has 1 aromatic carbocycles. The van der Waals surface area contributed by atoms with Gasteiger partial charge in [0.05, 0.1) is 6.10 Å². The Kier molecular flexibility index (Phi) is 4.30. The van der Waals surface area contributed by atoms with Crippen LogP contribution in [0.3, 0.4) is 0 Å². The van der Waals surface area contributed by atoms with Crippen molar-refractivity contribution in [2.24, 2.45) is 11.1 Å². The van der Waals surface area contributed by atoms with Crippen LogP contribution in [0, 0.1) is 5.41 Å². The lowest BCUT2D eigenvalue weighted by molar-refractivity contribution is -0.0375. The summed E-state index contributed by atoms with van der Waals surface area (Å²) in [7, 11) is 0. The molecule has 110 valence electrons. The van der Waals surface area contributed by atoms with Crippen molar-refractivity contribution in [3.8, 4) is 0 Å². The number of rotatable bonds is 2. The molecule has 0 saturated carbocycles. The molecular formula is C15H22N2O3. The second-order valence-electron chi connectivity index (χ2n) is 6.02. The van der Waals surface area contributed by atoms with Gasteiger partial charge in [-0.05, 0) is 5.56 Å². The van der Waals surface area contributed by atoms with Gasteiger partial charge in [0.2, 0.25) is 0 Å². The van der Waals surface area contributed by atoms with E-state index in [1.54, 1.807) is 4.90 Å². The smallest absolute Gasteiger partial charge is 0.410 e. The second kappa shape index (κ2) is 5.81. The number of benzene rings is 1. The predicted octanol–water partition coefficient (Wildman–Crippen LogP) is 1.35. The van der Waals surface area contributed by atoms with E-state index in [1.165, 1.54) is 0 Å². The quantitative estimate of drug-likeness (QED) is 0.856. The van der Waals surface area contributed by atoms with Gasteiger partial charge in [-0.3, -0.25) is 0 Å². The summed E-state index contributed by atoms with van der Waals surface area (Å²) >= 11 is 0. The van der Waals surface area contributed by atoms with E-state index in [-0.39, 0.29) is 12.7 Å². The molecule has 2 atom stereocenters. The molecule has 1 aliphatic rings. The van der Waals surface area contributed by atoms with Crippen LogP contribution in [-0.4, -0.2) is 41.3 Å². The number of piperidine rings is 1. The average Bonchev–Trinajstić information content (AvgIpc) is 2.42. The molecule has 1 aliphatic heterocycles. The van der Waals surface area contributed by atoms with Crippen molar-refractivity contribution in [2.75, 3.05) is 13.1 Å². The van der Waals surface area contributed by atoms with Gasteiger partial charge in [0, 0.05) is 24.5 Å². The van der Waals surface area contributed by atoms with Crippen LogP contribution in [0.4, 0.5) is 4.79 Å². The summed E-state index contributed by atoms with van der Waals surface area (Å²) in [5.74, 6) is 0. The first-order valence-electron chi connectivity index (χ1n) is 6.79. The van der Waals surface area contributed by atoms with Crippen LogP contribution >= 0.6 is 0 Å². The number of carbonyl (C=O) groups excluding carboxylic acids is 1. The summed E-state index contributed by atoms with van der Waals surface area (Å²) < 4.78 is 5.29. The Labute approximate surface area is 119 Å². The van der Waals surface area contributed by atoms with E-state index in [4.69, 9.17) is 10.5 Å². The lowest BCUT2D eigenvalue weighted by atomic mass is 9.79. The molecule has 1 amide bonds. The van der Waals surface area contributed by atoms with E-state index in [2.05, 4.69) is 0 Å². The van der Waals surface area contributed by atoms with E-state index in [1.807, 2.05) is 44.2 Å². The molecule has 0 aromatic heterocycles. The molecule has 2 unspecified atom stereocenters. The van der Waals surface area contributed by atoms with Gasteiger partial charge in [0.25, 0.3) is 0 Å². The standard InChI is InChI=1S/C15H22N2O3/c1-15(2)10-17(8-12(16)13(15)18)14(19)20-9-11-6-4-3-5-7-11/h3-7,12-13,18H,8-10,16H2,1-2H3. The fraction of sp³-hybridized carbons (Fsp3) is 0.533. The number of hydrogen-bond acceptors (Lipinski definition) is 4. The lowest BCUT2D eigenvalue weighted by Crippen LogP contribution is -2.61. The molecule has 20 heavy (non-hydrogen) atoms. The number of hydrogen-bond donors (Lipinski definition) is 2. The fourth-order valence-electron chi connectivity index (χ4n) is 2.53. The highest BCUT2D eigenvalue weighted by Gasteiger charge is 2.41. The normalized spacial score (nSPS) is 25.3. The molecule has 5 nitrogen and oxygen atoms in total. The molecule has 1 saturated heterocycles. The zero-order chi connectivity index (χ0) is 14.8. The highest BCUT2D eigenvalue weighted by Crippen LogP contribution is 2.29. The predicted molar refractivity (Wildman–Crippen MR) is 76.0 cm³/mol. The van der Waals surface area contributed by atoms with Crippen LogP contribution in [0.15, 0.2) is 30.3 Å². The molecule has 0 spiro atoms. The highest BCUT2D eigenvalue weighted by molar-refractivity contribution is 5.68. The molecule has 3 N–H and O–H groups in total. The van der Waals surface area contributed by atoms with Crippen molar-refractivity contribution >= 4 is 6.09 Å². The Morgan fingerprint density at radius 3 is 2.70 bits per heavy atom. The number of carbonyl (C=O) groups is 1. The Balaban J connectivity index is 1.93. The minimum Gasteiger partial charge on any atom is -0.445 e. The van der Waals surface area contributed by atoms with Crippen LogP contribution in [0.25, 0.3) is 0 Å². The summed E-state index contributed by atoms with van der Waals surface area (Å²) in [6.45, 7) is 4.80. The molecule has 0 bridgehead atoms. The van der Waals surface area contributed by atoms with E-state index in [9.17, 15) is 9.90 Å². The SMILES string of the molecule is CC1(C)CN(C(=O)OCc2ccccc2)CC(N)C1O. The van der Waals surface area contributed by atoms with Gasteiger partial charge in [0.1, 0.15) is 6.61 Å². The van der Waals surface area contributed by atoms with Gasteiger partial charge in [-0.1, -0.05) is 44.2 Å². The lowest BCUT2D eigenvalue weighted by Gasteiger charge is -2.44. The fourth-order valence-corrected chi connectivity index (χ4v) is 2.53. The van der Waals surface area contributed by atoms with E-state index < -0.39 is 17.6 Å². The Morgan fingerprint density at radius 1 is 1.45 bits per heavy atom. The first-order valence-corrected chi connectivity index (χ1v) is 6.79. The van der Waals surface area contributed by atoms with Crippen molar-refractivity contribution < 1.29 is 14.6 Å². The monoisotopic (exact) mass is 278 g/mol. The number of amides is 1. The number of aliphatic hydroxyl groups is 1. The topological polar surface area (TPSA) is 75.8 Å². The van der Waals surface area contributed by atoms with Crippen LogP contribution in [0.1, 0.15) is 19.4 Å². The minimum atomic E-state index is -0.610. The van der Waals surface area contributed by atoms with Crippen LogP contribution in [0.2, 0.25) is 0 Å². The van der Waals surface area contributed by atoms with E-state index in [0.29, 0.717) is 13.1 Å². The van der Waals surface area contributed by atoms with Crippen LogP contribution in [0.5, 0.6) is 0 Å². The van der Waals surface area contributed by atoms with Gasteiger partial charge >= 0.3 is 6.09 Å². The van der Waals surface area contributed by atoms with Crippen molar-refractivity contribution in [2.45, 2.75) is 32.6 Å². The zero-order valence-corrected chi connectivity index (χ0v) is 12.0. The number of aliphatic hydroxyl groups excluding tert-OH is 1. The van der Waals surface area contributed by atoms with Crippen molar-refractivity contribution in [3.05, 3.63) is 35.9 Å². The van der Waals surface area contributed by atoms with E-state index >= 15 is 0 Å². The van der Waals surface area contributed by atoms with Gasteiger partial charge < -0.3 is 20.5 Å². The van der Waals surface area contributed by atoms with Gasteiger partial charge in [-0.2, -0.15) is 0 Å². The third-order valence-electron chi connectivity index (χ3n) is 3.70. The van der Waals surface area contributed by atoms with Gasteiger partial charge in [0.15, 0.2) is 0 Å². The average molecular weight is 278 g/mol. The number of likely N-dealkylation sites (tertiary alicyclic amines) is 1. The minimum absolute atomic E-state index is 0.244. The molecule has 2 rings (SSSR count). The summed E-state index contributed by atoms with van der Waals surface area (Å²) in [5.41, 5.74) is 6.41. The van der Waals surface area contributed by atoms with Crippen molar-refractivity contribution in [3.63, 3.8) is 0 Å². The molecule has 0 radical (unpaired) electrons. The molecular weight excluding hydrogens is 256 g/mol. The van der Waals surface area contributed by atoms with Crippen molar-refractivity contribution in [1.29, 1.82) is 0 Å². The zero-order valence-electron chi connectivity index (χ0n) is 12.0. The highest BCUT2D eigenvalue weighted by atomic mass is 16.6. The third kappa shape index (κ3) is 3.29. The van der Waals surface area contributed by atoms with Gasteiger partial charge in [-0.15, -0.1) is 0 Å². The van der Waals surface area contributed by atoms with Gasteiger partial charge in [-0.25, -0.2) is 4.79 Å². The second-order valence-corrected chi connectivity index (χ2v) is 6.02. The number of nitrogens with two attached hydrogens (primary N) is 1. The van der Waals surface area contributed by atoms with Crippen LogP contribution < -0.4 is 5.73 Å². The Bertz CT molecular complexity index is 461. The summed E-state index contributed by atoms with van der Waals surface area (Å²) in [6.07, 6.45) is -0.995. The molecule has 1 heterocycles. The largest absolute Gasteiger partial charge is 0.445 e. The molecule has 0 aliphatic carbocycles. The third-order valence-corrected chi connectivity index (χ3v) is 3.70. The molecule has 1 fully saturated rings. The Morgan fingerprint density at radius 2 is 2.10 bits per heavy atom. The van der Waals surface area contributed by atoms with Crippen molar-refractivity contribution in [1.82, 2.24) is 4.90 Å². The molecule has 1 aromatic rings. The number of nitrogens with zero attached hydrogens (tertiary/aromatic N) is 1.